The van der Waals surface area contributed by atoms with E-state index in [-0.39, 0.29) is 5.48 Å². The van der Waals surface area contributed by atoms with Crippen molar-refractivity contribution in [2.75, 3.05) is 0 Å². The molecule has 0 spiro atoms. The molecule has 0 aliphatic heterocycles. The highest BCUT2D eigenvalue weighted by Gasteiger charge is 2.42. The average Bonchev–Trinajstić information content (AvgIpc) is 3.84. The third kappa shape index (κ3) is 6.77. The van der Waals surface area contributed by atoms with E-state index < -0.39 is 22.5 Å². The number of hydrogen-bond donors (Lipinski definition) is 4. The zero-order chi connectivity index (χ0) is 30.3. The number of hydrogen-bond acceptors (Lipinski definition) is 8. The van der Waals surface area contributed by atoms with Gasteiger partial charge in [-0.05, 0) is 85.5 Å². The molecule has 6 rings (SSSR count). The molecule has 4 aromatic heterocycles. The Bertz CT molecular complexity index is 1720. The van der Waals surface area contributed by atoms with Gasteiger partial charge in [-0.15, -0.1) is 10.2 Å². The standard InChI is InChI=1S/2C15H18N4O2.H2O/c2*1-7(2)9-4-11(9)10-5-13(19-18-8(10)3)12-6-16-15(21)17-14(12)20;/h2*5-7,9,11H,4H2,1-3H3,(H2,16,17,20,21);1H2/t2*9-,11+;/m11./s1. The van der Waals surface area contributed by atoms with Crippen molar-refractivity contribution >= 4 is 0 Å². The number of aromatic nitrogens is 8. The van der Waals surface area contributed by atoms with Crippen LogP contribution in [0.3, 0.4) is 0 Å². The summed E-state index contributed by atoms with van der Waals surface area (Å²) < 4.78 is 0. The van der Waals surface area contributed by atoms with E-state index in [1.807, 2.05) is 26.0 Å². The molecule has 0 bridgehead atoms. The van der Waals surface area contributed by atoms with Crippen LogP contribution in [0, 0.1) is 37.5 Å². The van der Waals surface area contributed by atoms with Gasteiger partial charge >= 0.3 is 11.4 Å². The lowest BCUT2D eigenvalue weighted by molar-refractivity contribution is 0.547. The molecule has 4 heterocycles. The van der Waals surface area contributed by atoms with Crippen LogP contribution in [0.25, 0.3) is 22.5 Å². The predicted octanol–water partition coefficient (Wildman–Crippen LogP) is 2.35. The summed E-state index contributed by atoms with van der Waals surface area (Å²) in [5.74, 6) is 3.64. The Balaban J connectivity index is 0.000000192. The number of nitrogens with zero attached hydrogens (tertiary/aromatic N) is 4. The van der Waals surface area contributed by atoms with E-state index in [9.17, 15) is 19.2 Å². The molecular weight excluding hydrogens is 552 g/mol. The van der Waals surface area contributed by atoms with E-state index in [4.69, 9.17) is 0 Å². The fourth-order valence-electron chi connectivity index (χ4n) is 5.77. The average molecular weight is 591 g/mol. The Morgan fingerprint density at radius 3 is 1.33 bits per heavy atom. The van der Waals surface area contributed by atoms with Gasteiger partial charge in [0.05, 0.1) is 22.5 Å². The smallest absolute Gasteiger partial charge is 0.325 e. The van der Waals surface area contributed by atoms with Gasteiger partial charge in [0, 0.05) is 12.4 Å². The van der Waals surface area contributed by atoms with Crippen molar-refractivity contribution in [1.82, 2.24) is 40.3 Å². The molecule has 0 saturated heterocycles. The first-order valence-electron chi connectivity index (χ1n) is 14.3. The third-order valence-corrected chi connectivity index (χ3v) is 8.42. The minimum Gasteiger partial charge on any atom is -0.412 e. The van der Waals surface area contributed by atoms with Crippen molar-refractivity contribution in [3.05, 3.63) is 88.7 Å². The summed E-state index contributed by atoms with van der Waals surface area (Å²) in [5, 5.41) is 16.5. The highest BCUT2D eigenvalue weighted by molar-refractivity contribution is 5.58. The van der Waals surface area contributed by atoms with Crippen LogP contribution in [0.15, 0.2) is 43.7 Å². The predicted molar refractivity (Wildman–Crippen MR) is 162 cm³/mol. The molecule has 2 fully saturated rings. The van der Waals surface area contributed by atoms with Crippen molar-refractivity contribution in [2.45, 2.75) is 66.2 Å². The molecule has 13 nitrogen and oxygen atoms in total. The molecule has 0 amide bonds. The Labute approximate surface area is 247 Å². The molecule has 2 aliphatic rings. The van der Waals surface area contributed by atoms with Crippen LogP contribution in [0.1, 0.15) is 74.9 Å². The van der Waals surface area contributed by atoms with Crippen LogP contribution in [0.4, 0.5) is 0 Å². The number of H-pyrrole nitrogens is 4. The summed E-state index contributed by atoms with van der Waals surface area (Å²) >= 11 is 0. The van der Waals surface area contributed by atoms with Crippen molar-refractivity contribution in [2.24, 2.45) is 23.7 Å². The highest BCUT2D eigenvalue weighted by atomic mass is 16.2. The van der Waals surface area contributed by atoms with Gasteiger partial charge in [-0.25, -0.2) is 9.59 Å². The number of nitrogens with one attached hydrogen (secondary N) is 4. The Morgan fingerprint density at radius 2 is 1.02 bits per heavy atom. The summed E-state index contributed by atoms with van der Waals surface area (Å²) in [6.07, 6.45) is 5.09. The van der Waals surface area contributed by atoms with Crippen molar-refractivity contribution in [1.29, 1.82) is 0 Å². The summed E-state index contributed by atoms with van der Waals surface area (Å²) in [4.78, 5) is 55.2. The maximum atomic E-state index is 11.9. The molecule has 228 valence electrons. The molecule has 0 aromatic carbocycles. The minimum absolute atomic E-state index is 0. The third-order valence-electron chi connectivity index (χ3n) is 8.42. The van der Waals surface area contributed by atoms with E-state index in [0.29, 0.717) is 58.0 Å². The first-order chi connectivity index (χ1) is 19.9. The number of aromatic amines is 4. The van der Waals surface area contributed by atoms with E-state index in [2.05, 4.69) is 68.0 Å². The van der Waals surface area contributed by atoms with Gasteiger partial charge in [-0.3, -0.25) is 19.6 Å². The van der Waals surface area contributed by atoms with Crippen LogP contribution >= 0.6 is 0 Å². The normalized spacial score (nSPS) is 20.3. The highest BCUT2D eigenvalue weighted by Crippen LogP contribution is 2.53. The number of rotatable bonds is 6. The second-order valence-electron chi connectivity index (χ2n) is 12.0. The summed E-state index contributed by atoms with van der Waals surface area (Å²) in [7, 11) is 0. The van der Waals surface area contributed by atoms with Crippen LogP contribution in [-0.4, -0.2) is 45.8 Å². The number of aryl methyl sites for hydroxylation is 2. The molecule has 6 N–H and O–H groups in total. The molecule has 0 radical (unpaired) electrons. The van der Waals surface area contributed by atoms with Gasteiger partial charge in [-0.2, -0.15) is 10.2 Å². The summed E-state index contributed by atoms with van der Waals surface area (Å²) in [6.45, 7) is 12.8. The maximum absolute atomic E-state index is 11.9. The van der Waals surface area contributed by atoms with Crippen LogP contribution in [-0.2, 0) is 0 Å². The molecule has 43 heavy (non-hydrogen) atoms. The second kappa shape index (κ2) is 12.4. The van der Waals surface area contributed by atoms with Crippen molar-refractivity contribution in [3.63, 3.8) is 0 Å². The van der Waals surface area contributed by atoms with Gasteiger partial charge < -0.3 is 15.4 Å². The fourth-order valence-corrected chi connectivity index (χ4v) is 5.77. The fraction of sp³-hybridized carbons (Fsp3) is 0.467. The van der Waals surface area contributed by atoms with Crippen LogP contribution < -0.4 is 22.5 Å². The van der Waals surface area contributed by atoms with Gasteiger partial charge in [0.2, 0.25) is 0 Å². The SMILES string of the molecule is Cc1nnc(-c2c[nH]c(=O)[nH]c2=O)cc1[C@H]1C[C@@H]1C(C)C.Cc1nnc(-c2c[nH]c(=O)[nH]c2=O)cc1[C@H]1C[C@@H]1C(C)C.O. The molecule has 13 heteroatoms. The monoisotopic (exact) mass is 590 g/mol. The minimum atomic E-state index is -0.522. The molecule has 4 atom stereocenters. The van der Waals surface area contributed by atoms with Gasteiger partial charge in [0.15, 0.2) is 0 Å². The molecule has 4 aromatic rings. The van der Waals surface area contributed by atoms with Crippen molar-refractivity contribution < 1.29 is 5.48 Å². The second-order valence-corrected chi connectivity index (χ2v) is 12.0. The van der Waals surface area contributed by atoms with Gasteiger partial charge in [-0.1, -0.05) is 27.7 Å². The lowest BCUT2D eigenvalue weighted by Gasteiger charge is -2.08. The topological polar surface area (TPSA) is 214 Å². The quantitative estimate of drug-likeness (QED) is 0.261. The molecule has 0 unspecified atom stereocenters. The first kappa shape index (κ1) is 31.4. The van der Waals surface area contributed by atoms with E-state index in [0.717, 1.165) is 35.4 Å². The zero-order valence-corrected chi connectivity index (χ0v) is 25.1. The Morgan fingerprint density at radius 1 is 0.651 bits per heavy atom. The van der Waals surface area contributed by atoms with E-state index >= 15 is 0 Å². The zero-order valence-electron chi connectivity index (χ0n) is 25.1. The maximum Gasteiger partial charge on any atom is 0.325 e. The summed E-state index contributed by atoms with van der Waals surface area (Å²) in [6, 6.07) is 3.86. The Kier molecular flexibility index (Phi) is 9.04. The Hall–Kier alpha value is -4.52. The van der Waals surface area contributed by atoms with Crippen molar-refractivity contribution in [3.8, 4) is 22.5 Å². The molecule has 2 aliphatic carbocycles. The first-order valence-corrected chi connectivity index (χ1v) is 14.3. The van der Waals surface area contributed by atoms with E-state index in [1.165, 1.54) is 12.4 Å². The molecule has 2 saturated carbocycles. The van der Waals surface area contributed by atoms with Crippen LogP contribution in [0.2, 0.25) is 0 Å². The van der Waals surface area contributed by atoms with Gasteiger partial charge in [0.25, 0.3) is 11.1 Å². The summed E-state index contributed by atoms with van der Waals surface area (Å²) in [5.41, 5.74) is 3.88. The lowest BCUT2D eigenvalue weighted by atomic mass is 10.0. The van der Waals surface area contributed by atoms with Crippen LogP contribution in [0.5, 0.6) is 0 Å². The lowest BCUT2D eigenvalue weighted by Crippen LogP contribution is -2.23. The van der Waals surface area contributed by atoms with E-state index in [1.54, 1.807) is 0 Å². The van der Waals surface area contributed by atoms with Gasteiger partial charge in [0.1, 0.15) is 11.4 Å². The molecular formula is C30H38N8O5. The largest absolute Gasteiger partial charge is 0.412 e.